The van der Waals surface area contributed by atoms with Crippen molar-refractivity contribution in [2.75, 3.05) is 16.0 Å². The van der Waals surface area contributed by atoms with Gasteiger partial charge in [-0.1, -0.05) is 18.2 Å². The third-order valence-corrected chi connectivity index (χ3v) is 5.56. The Morgan fingerprint density at radius 1 is 1.23 bits per heavy atom. The van der Waals surface area contributed by atoms with Gasteiger partial charge in [0.15, 0.2) is 0 Å². The molecule has 2 aromatic carbocycles. The van der Waals surface area contributed by atoms with Gasteiger partial charge in [0.05, 0.1) is 5.75 Å². The zero-order valence-electron chi connectivity index (χ0n) is 15.0. The molecule has 0 bridgehead atoms. The molecule has 0 unspecified atom stereocenters. The standard InChI is InChI=1S/C20H21ClN2O2S/c1-12-7-13(2)9-17(8-12)23-18(24)11-26-20(23)15-5-4-6-16(10-15)22-19(25)14(3)21/h4-10,14,20H,11H2,1-3H3,(H,22,25)/t14-,20+/m1/s1. The van der Waals surface area contributed by atoms with Crippen LogP contribution in [0.25, 0.3) is 0 Å². The number of alkyl halides is 1. The number of aryl methyl sites for hydroxylation is 2. The molecule has 2 amide bonds. The normalized spacial score (nSPS) is 18.1. The second-order valence-corrected chi connectivity index (χ2v) is 8.23. The smallest absolute Gasteiger partial charge is 0.242 e. The number of amides is 2. The number of benzene rings is 2. The molecule has 1 aliphatic rings. The average molecular weight is 389 g/mol. The summed E-state index contributed by atoms with van der Waals surface area (Å²) in [6.45, 7) is 5.69. The maximum atomic E-state index is 12.6. The van der Waals surface area contributed by atoms with Crippen LogP contribution < -0.4 is 10.2 Å². The fourth-order valence-corrected chi connectivity index (χ4v) is 4.27. The van der Waals surface area contributed by atoms with E-state index in [-0.39, 0.29) is 17.2 Å². The topological polar surface area (TPSA) is 49.4 Å². The maximum absolute atomic E-state index is 12.6. The second kappa shape index (κ2) is 7.72. The van der Waals surface area contributed by atoms with Crippen molar-refractivity contribution in [3.63, 3.8) is 0 Å². The third kappa shape index (κ3) is 4.05. The first-order chi connectivity index (χ1) is 12.3. The first-order valence-electron chi connectivity index (χ1n) is 8.42. The summed E-state index contributed by atoms with van der Waals surface area (Å²) in [6, 6.07) is 13.7. The summed E-state index contributed by atoms with van der Waals surface area (Å²) in [5, 5.41) is 2.09. The van der Waals surface area contributed by atoms with Crippen molar-refractivity contribution in [2.45, 2.75) is 31.5 Å². The van der Waals surface area contributed by atoms with Gasteiger partial charge in [0.2, 0.25) is 11.8 Å². The number of hydrogen-bond acceptors (Lipinski definition) is 3. The van der Waals surface area contributed by atoms with Crippen LogP contribution in [-0.2, 0) is 9.59 Å². The summed E-state index contributed by atoms with van der Waals surface area (Å²) in [4.78, 5) is 26.2. The van der Waals surface area contributed by atoms with Crippen LogP contribution in [0.5, 0.6) is 0 Å². The van der Waals surface area contributed by atoms with E-state index < -0.39 is 5.38 Å². The summed E-state index contributed by atoms with van der Waals surface area (Å²) in [6.07, 6.45) is 0. The number of rotatable bonds is 4. The van der Waals surface area contributed by atoms with E-state index in [1.165, 1.54) is 0 Å². The highest BCUT2D eigenvalue weighted by atomic mass is 35.5. The van der Waals surface area contributed by atoms with Gasteiger partial charge in [0.25, 0.3) is 0 Å². The molecule has 1 saturated heterocycles. The lowest BCUT2D eigenvalue weighted by Gasteiger charge is -2.25. The molecule has 1 heterocycles. The number of halogens is 1. The molecule has 0 radical (unpaired) electrons. The number of thioether (sulfide) groups is 1. The van der Waals surface area contributed by atoms with E-state index in [1.807, 2.05) is 55.1 Å². The molecule has 26 heavy (non-hydrogen) atoms. The molecule has 2 aromatic rings. The Morgan fingerprint density at radius 3 is 2.58 bits per heavy atom. The van der Waals surface area contributed by atoms with Crippen molar-refractivity contribution < 1.29 is 9.59 Å². The zero-order chi connectivity index (χ0) is 18.8. The largest absolute Gasteiger partial charge is 0.325 e. The van der Waals surface area contributed by atoms with Crippen molar-refractivity contribution >= 4 is 46.6 Å². The highest BCUT2D eigenvalue weighted by Gasteiger charge is 2.34. The number of carbonyl (C=O) groups excluding carboxylic acids is 2. The minimum atomic E-state index is -0.604. The van der Waals surface area contributed by atoms with Crippen molar-refractivity contribution in [2.24, 2.45) is 0 Å². The minimum absolute atomic E-state index is 0.0915. The fraction of sp³-hybridized carbons (Fsp3) is 0.300. The molecule has 1 N–H and O–H groups in total. The summed E-state index contributed by atoms with van der Waals surface area (Å²) in [7, 11) is 0. The number of carbonyl (C=O) groups is 2. The maximum Gasteiger partial charge on any atom is 0.242 e. The van der Waals surface area contributed by atoms with Crippen LogP contribution in [-0.4, -0.2) is 22.9 Å². The molecule has 1 aliphatic heterocycles. The van der Waals surface area contributed by atoms with E-state index in [2.05, 4.69) is 11.4 Å². The first-order valence-corrected chi connectivity index (χ1v) is 9.90. The molecule has 2 atom stereocenters. The van der Waals surface area contributed by atoms with Gasteiger partial charge in [0, 0.05) is 11.4 Å². The molecular formula is C20H21ClN2O2S. The summed E-state index contributed by atoms with van der Waals surface area (Å²) in [5.74, 6) is 0.284. The van der Waals surface area contributed by atoms with Crippen molar-refractivity contribution in [1.29, 1.82) is 0 Å². The quantitative estimate of drug-likeness (QED) is 0.775. The number of anilines is 2. The molecule has 1 fully saturated rings. The number of nitrogens with zero attached hydrogens (tertiary/aromatic N) is 1. The Bertz CT molecular complexity index is 833. The summed E-state index contributed by atoms with van der Waals surface area (Å²) < 4.78 is 0. The molecule has 0 aliphatic carbocycles. The van der Waals surface area contributed by atoms with E-state index in [9.17, 15) is 9.59 Å². The monoisotopic (exact) mass is 388 g/mol. The van der Waals surface area contributed by atoms with Crippen molar-refractivity contribution in [3.05, 3.63) is 59.2 Å². The Kier molecular flexibility index (Phi) is 5.58. The predicted octanol–water partition coefficient (Wildman–Crippen LogP) is 4.65. The van der Waals surface area contributed by atoms with Gasteiger partial charge < -0.3 is 5.32 Å². The highest BCUT2D eigenvalue weighted by Crippen LogP contribution is 2.42. The van der Waals surface area contributed by atoms with E-state index in [1.54, 1.807) is 18.7 Å². The van der Waals surface area contributed by atoms with Crippen LogP contribution in [0, 0.1) is 13.8 Å². The van der Waals surface area contributed by atoms with Gasteiger partial charge in [-0.3, -0.25) is 14.5 Å². The van der Waals surface area contributed by atoms with Crippen LogP contribution in [0.1, 0.15) is 29.0 Å². The second-order valence-electron chi connectivity index (χ2n) is 6.50. The Morgan fingerprint density at radius 2 is 1.92 bits per heavy atom. The van der Waals surface area contributed by atoms with Crippen molar-refractivity contribution in [3.8, 4) is 0 Å². The van der Waals surface area contributed by atoms with Crippen LogP contribution >= 0.6 is 23.4 Å². The van der Waals surface area contributed by atoms with Gasteiger partial charge in [-0.05, 0) is 61.7 Å². The van der Waals surface area contributed by atoms with Gasteiger partial charge >= 0.3 is 0 Å². The molecule has 0 saturated carbocycles. The van der Waals surface area contributed by atoms with Gasteiger partial charge in [-0.25, -0.2) is 0 Å². The highest BCUT2D eigenvalue weighted by molar-refractivity contribution is 8.00. The van der Waals surface area contributed by atoms with E-state index >= 15 is 0 Å². The number of nitrogens with one attached hydrogen (secondary N) is 1. The lowest BCUT2D eigenvalue weighted by molar-refractivity contribution is -0.116. The van der Waals surface area contributed by atoms with Gasteiger partial charge in [0.1, 0.15) is 10.8 Å². The van der Waals surface area contributed by atoms with Crippen LogP contribution in [0.4, 0.5) is 11.4 Å². The minimum Gasteiger partial charge on any atom is -0.325 e. The van der Waals surface area contributed by atoms with Crippen LogP contribution in [0.2, 0.25) is 0 Å². The van der Waals surface area contributed by atoms with Gasteiger partial charge in [-0.2, -0.15) is 0 Å². The molecule has 0 spiro atoms. The Balaban J connectivity index is 1.92. The molecule has 136 valence electrons. The van der Waals surface area contributed by atoms with E-state index in [4.69, 9.17) is 11.6 Å². The van der Waals surface area contributed by atoms with E-state index in [0.717, 1.165) is 22.4 Å². The predicted molar refractivity (Wildman–Crippen MR) is 109 cm³/mol. The van der Waals surface area contributed by atoms with E-state index in [0.29, 0.717) is 11.4 Å². The lowest BCUT2D eigenvalue weighted by atomic mass is 10.1. The van der Waals surface area contributed by atoms with Gasteiger partial charge in [-0.15, -0.1) is 23.4 Å². The lowest BCUT2D eigenvalue weighted by Crippen LogP contribution is -2.28. The first kappa shape index (κ1) is 18.8. The number of hydrogen-bond donors (Lipinski definition) is 1. The van der Waals surface area contributed by atoms with Crippen LogP contribution in [0.3, 0.4) is 0 Å². The third-order valence-electron chi connectivity index (χ3n) is 4.15. The summed E-state index contributed by atoms with van der Waals surface area (Å²) in [5.41, 5.74) is 4.81. The molecule has 3 rings (SSSR count). The SMILES string of the molecule is Cc1cc(C)cc(N2C(=O)CS[C@H]2c2cccc(NC(=O)[C@@H](C)Cl)c2)c1. The Labute approximate surface area is 162 Å². The average Bonchev–Trinajstić information content (AvgIpc) is 2.95. The van der Waals surface area contributed by atoms with Crippen LogP contribution in [0.15, 0.2) is 42.5 Å². The molecule has 0 aromatic heterocycles. The molecular weight excluding hydrogens is 368 g/mol. The molecule has 4 nitrogen and oxygen atoms in total. The summed E-state index contributed by atoms with van der Waals surface area (Å²) >= 11 is 7.42. The Hall–Kier alpha value is -1.98. The fourth-order valence-electron chi connectivity index (χ4n) is 3.05. The molecule has 6 heteroatoms. The zero-order valence-corrected chi connectivity index (χ0v) is 16.5. The van der Waals surface area contributed by atoms with Crippen molar-refractivity contribution in [1.82, 2.24) is 0 Å².